The Morgan fingerprint density at radius 2 is 2.14 bits per heavy atom. The van der Waals surface area contributed by atoms with Gasteiger partial charge in [0.1, 0.15) is 0 Å². The third-order valence-electron chi connectivity index (χ3n) is 2.23. The van der Waals surface area contributed by atoms with Gasteiger partial charge in [-0.3, -0.25) is 4.79 Å². The van der Waals surface area contributed by atoms with Gasteiger partial charge in [-0.25, -0.2) is 0 Å². The van der Waals surface area contributed by atoms with Crippen molar-refractivity contribution >= 4 is 10.8 Å². The van der Waals surface area contributed by atoms with Crippen LogP contribution >= 0.6 is 0 Å². The average Bonchev–Trinajstić information content (AvgIpc) is 2.23. The molecule has 0 aliphatic rings. The molecule has 0 fully saturated rings. The van der Waals surface area contributed by atoms with E-state index < -0.39 is 0 Å². The van der Waals surface area contributed by atoms with Gasteiger partial charge in [-0.2, -0.15) is 5.26 Å². The van der Waals surface area contributed by atoms with Crippen molar-refractivity contribution in [3.05, 3.63) is 46.4 Å². The minimum absolute atomic E-state index is 0.125. The Morgan fingerprint density at radius 1 is 1.36 bits per heavy atom. The Hall–Kier alpha value is -2.08. The molecule has 3 heteroatoms. The van der Waals surface area contributed by atoms with Gasteiger partial charge in [-0.15, -0.1) is 0 Å². The van der Waals surface area contributed by atoms with Gasteiger partial charge >= 0.3 is 0 Å². The molecule has 0 saturated heterocycles. The van der Waals surface area contributed by atoms with E-state index in [2.05, 4.69) is 0 Å². The van der Waals surface area contributed by atoms with Crippen LogP contribution in [0.5, 0.6) is 0 Å². The predicted molar refractivity (Wildman–Crippen MR) is 53.9 cm³/mol. The lowest BCUT2D eigenvalue weighted by molar-refractivity contribution is 0.873. The van der Waals surface area contributed by atoms with Crippen LogP contribution in [0, 0.1) is 11.3 Å². The summed E-state index contributed by atoms with van der Waals surface area (Å²) in [4.78, 5) is 11.7. The minimum Gasteiger partial charge on any atom is -0.318 e. The van der Waals surface area contributed by atoms with Crippen molar-refractivity contribution < 1.29 is 0 Å². The molecule has 2 aromatic rings. The molecule has 0 radical (unpaired) electrons. The molecule has 0 aliphatic heterocycles. The van der Waals surface area contributed by atoms with E-state index in [0.717, 1.165) is 5.39 Å². The number of pyridine rings is 1. The third kappa shape index (κ3) is 1.09. The first-order chi connectivity index (χ1) is 6.74. The van der Waals surface area contributed by atoms with Crippen molar-refractivity contribution in [3.8, 4) is 6.07 Å². The maximum absolute atomic E-state index is 11.7. The summed E-state index contributed by atoms with van der Waals surface area (Å²) in [6.45, 7) is 0. The molecule has 1 aromatic carbocycles. The number of hydrogen-bond acceptors (Lipinski definition) is 2. The molecule has 0 atom stereocenters. The van der Waals surface area contributed by atoms with E-state index in [0.29, 0.717) is 10.9 Å². The molecule has 2 rings (SSSR count). The molecular formula is C11H8N2O. The van der Waals surface area contributed by atoms with Gasteiger partial charge in [-0.1, -0.05) is 12.1 Å². The van der Waals surface area contributed by atoms with Crippen LogP contribution in [0.3, 0.4) is 0 Å². The van der Waals surface area contributed by atoms with Crippen LogP contribution in [0.4, 0.5) is 0 Å². The first-order valence-electron chi connectivity index (χ1n) is 4.22. The zero-order valence-electron chi connectivity index (χ0n) is 7.69. The molecule has 1 heterocycles. The summed E-state index contributed by atoms with van der Waals surface area (Å²) in [5.41, 5.74) is 0.309. The summed E-state index contributed by atoms with van der Waals surface area (Å²) in [5.74, 6) is 0. The second-order valence-corrected chi connectivity index (χ2v) is 3.11. The van der Waals surface area contributed by atoms with Gasteiger partial charge in [0.25, 0.3) is 5.56 Å². The predicted octanol–water partition coefficient (Wildman–Crippen LogP) is 1.41. The zero-order chi connectivity index (χ0) is 10.1. The van der Waals surface area contributed by atoms with E-state index in [1.54, 1.807) is 25.4 Å². The zero-order valence-corrected chi connectivity index (χ0v) is 7.69. The number of aryl methyl sites for hydroxylation is 1. The minimum atomic E-state index is -0.125. The molecule has 68 valence electrons. The van der Waals surface area contributed by atoms with E-state index in [1.807, 2.05) is 18.2 Å². The average molecular weight is 184 g/mol. The lowest BCUT2D eigenvalue weighted by Gasteiger charge is -2.01. The second kappa shape index (κ2) is 3.00. The van der Waals surface area contributed by atoms with Crippen LogP contribution in [0.2, 0.25) is 0 Å². The van der Waals surface area contributed by atoms with Gasteiger partial charge in [-0.05, 0) is 17.5 Å². The van der Waals surface area contributed by atoms with Gasteiger partial charge in [0, 0.05) is 13.2 Å². The molecule has 0 aliphatic carbocycles. The molecule has 0 N–H and O–H groups in total. The summed E-state index contributed by atoms with van der Waals surface area (Å²) in [5, 5.41) is 10.2. The van der Waals surface area contributed by atoms with E-state index >= 15 is 0 Å². The van der Waals surface area contributed by atoms with Gasteiger partial charge in [0.05, 0.1) is 17.0 Å². The Kier molecular flexibility index (Phi) is 1.83. The van der Waals surface area contributed by atoms with Crippen molar-refractivity contribution in [1.82, 2.24) is 4.57 Å². The smallest absolute Gasteiger partial charge is 0.259 e. The normalized spacial score (nSPS) is 10.0. The topological polar surface area (TPSA) is 45.8 Å². The lowest BCUT2D eigenvalue weighted by Crippen LogP contribution is -2.16. The second-order valence-electron chi connectivity index (χ2n) is 3.11. The number of fused-ring (bicyclic) bond motifs is 1. The molecule has 0 bridgehead atoms. The van der Waals surface area contributed by atoms with Crippen molar-refractivity contribution in [3.63, 3.8) is 0 Å². The van der Waals surface area contributed by atoms with Crippen LogP contribution in [-0.2, 0) is 7.05 Å². The fourth-order valence-electron chi connectivity index (χ4n) is 1.48. The van der Waals surface area contributed by atoms with E-state index in [9.17, 15) is 4.79 Å². The Balaban J connectivity index is 3.07. The highest BCUT2D eigenvalue weighted by Gasteiger charge is 2.04. The highest BCUT2D eigenvalue weighted by Crippen LogP contribution is 2.13. The summed E-state index contributed by atoms with van der Waals surface area (Å²) in [6.07, 6.45) is 1.70. The molecular weight excluding hydrogens is 176 g/mol. The summed E-state index contributed by atoms with van der Waals surface area (Å²) in [7, 11) is 1.68. The van der Waals surface area contributed by atoms with Gasteiger partial charge in [0.2, 0.25) is 0 Å². The van der Waals surface area contributed by atoms with Crippen molar-refractivity contribution in [1.29, 1.82) is 5.26 Å². The monoisotopic (exact) mass is 184 g/mol. The quantitative estimate of drug-likeness (QED) is 0.621. The number of benzene rings is 1. The highest BCUT2D eigenvalue weighted by atomic mass is 16.1. The van der Waals surface area contributed by atoms with Crippen LogP contribution < -0.4 is 5.56 Å². The fraction of sp³-hybridized carbons (Fsp3) is 0.0909. The largest absolute Gasteiger partial charge is 0.318 e. The Bertz CT molecular complexity index is 590. The van der Waals surface area contributed by atoms with Crippen LogP contribution in [0.25, 0.3) is 10.8 Å². The third-order valence-corrected chi connectivity index (χ3v) is 2.23. The number of rotatable bonds is 0. The Morgan fingerprint density at radius 3 is 2.86 bits per heavy atom. The summed E-state index contributed by atoms with van der Waals surface area (Å²) >= 11 is 0. The molecule has 0 unspecified atom stereocenters. The molecule has 14 heavy (non-hydrogen) atoms. The number of aromatic nitrogens is 1. The lowest BCUT2D eigenvalue weighted by atomic mass is 10.1. The van der Waals surface area contributed by atoms with Crippen molar-refractivity contribution in [2.24, 2.45) is 7.05 Å². The van der Waals surface area contributed by atoms with Crippen LogP contribution in [-0.4, -0.2) is 4.57 Å². The molecule has 0 spiro atoms. The van der Waals surface area contributed by atoms with E-state index in [1.165, 1.54) is 4.57 Å². The van der Waals surface area contributed by atoms with Gasteiger partial charge in [0.15, 0.2) is 0 Å². The molecule has 3 nitrogen and oxygen atoms in total. The maximum atomic E-state index is 11.7. The number of nitriles is 1. The highest BCUT2D eigenvalue weighted by molar-refractivity contribution is 5.86. The fourth-order valence-corrected chi connectivity index (χ4v) is 1.48. The maximum Gasteiger partial charge on any atom is 0.259 e. The standard InChI is InChI=1S/C11H8N2O/c1-13-6-5-8-3-2-4-9(7-12)10(8)11(13)14/h2-6H,1H3. The Labute approximate surface area is 80.8 Å². The summed E-state index contributed by atoms with van der Waals surface area (Å²) in [6, 6.07) is 9.12. The van der Waals surface area contributed by atoms with E-state index in [4.69, 9.17) is 5.26 Å². The molecule has 0 saturated carbocycles. The molecule has 0 amide bonds. The van der Waals surface area contributed by atoms with Gasteiger partial charge < -0.3 is 4.57 Å². The summed E-state index contributed by atoms with van der Waals surface area (Å²) < 4.78 is 1.48. The SMILES string of the molecule is Cn1ccc2cccc(C#N)c2c1=O. The first-order valence-corrected chi connectivity index (χ1v) is 4.22. The molecule has 1 aromatic heterocycles. The number of hydrogen-bond donors (Lipinski definition) is 0. The first kappa shape index (κ1) is 8.52. The van der Waals surface area contributed by atoms with E-state index in [-0.39, 0.29) is 5.56 Å². The number of nitrogens with zero attached hydrogens (tertiary/aromatic N) is 2. The van der Waals surface area contributed by atoms with Crippen molar-refractivity contribution in [2.75, 3.05) is 0 Å². The van der Waals surface area contributed by atoms with Crippen LogP contribution in [0.15, 0.2) is 35.3 Å². The van der Waals surface area contributed by atoms with Crippen LogP contribution in [0.1, 0.15) is 5.56 Å². The van der Waals surface area contributed by atoms with Crippen molar-refractivity contribution in [2.45, 2.75) is 0 Å².